The Balaban J connectivity index is 5.18. The maximum atomic E-state index is 13.0. The van der Waals surface area contributed by atoms with Gasteiger partial charge in [-0.25, -0.2) is 9.13 Å². The number of carbonyl (C=O) groups excluding carboxylic acids is 4. The van der Waals surface area contributed by atoms with Gasteiger partial charge in [0.2, 0.25) is 0 Å². The topological polar surface area (TPSA) is 237 Å². The summed E-state index contributed by atoms with van der Waals surface area (Å²) in [5.74, 6) is 0.763. The van der Waals surface area contributed by atoms with Crippen LogP contribution in [0.5, 0.6) is 0 Å². The summed E-state index contributed by atoms with van der Waals surface area (Å²) in [4.78, 5) is 72.4. The number of unbranched alkanes of at least 4 members (excludes halogenated alkanes) is 32. The Hall–Kier alpha value is -1.94. The van der Waals surface area contributed by atoms with Crippen molar-refractivity contribution >= 4 is 39.5 Å². The van der Waals surface area contributed by atoms with Gasteiger partial charge in [-0.05, 0) is 49.4 Å². The third-order valence-electron chi connectivity index (χ3n) is 15.8. The van der Waals surface area contributed by atoms with Crippen LogP contribution in [0, 0.1) is 23.7 Å². The number of ether oxygens (including phenoxy) is 4. The number of carbonyl (C=O) groups is 4. The van der Waals surface area contributed by atoms with Crippen LogP contribution in [0.2, 0.25) is 0 Å². The highest BCUT2D eigenvalue weighted by molar-refractivity contribution is 7.47. The molecule has 19 heteroatoms. The van der Waals surface area contributed by atoms with Crippen LogP contribution < -0.4 is 0 Å². The summed E-state index contributed by atoms with van der Waals surface area (Å²) >= 11 is 0. The minimum atomic E-state index is -4.95. The van der Waals surface area contributed by atoms with Crippen molar-refractivity contribution in [1.82, 2.24) is 0 Å². The normalized spacial score (nSPS) is 14.3. The predicted octanol–water partition coefficient (Wildman–Crippen LogP) is 19.3. The van der Waals surface area contributed by atoms with Crippen molar-refractivity contribution in [3.8, 4) is 0 Å². The summed E-state index contributed by atoms with van der Waals surface area (Å²) in [6, 6.07) is 0. The minimum Gasteiger partial charge on any atom is -0.462 e. The van der Waals surface area contributed by atoms with Crippen LogP contribution in [0.1, 0.15) is 338 Å². The highest BCUT2D eigenvalue weighted by atomic mass is 31.2. The first-order valence-corrected chi connectivity index (χ1v) is 38.7. The van der Waals surface area contributed by atoms with Crippen LogP contribution in [-0.4, -0.2) is 96.7 Å². The molecular formula is C69H134O17P2. The first-order chi connectivity index (χ1) is 42.1. The summed E-state index contributed by atoms with van der Waals surface area (Å²) in [5.41, 5.74) is 0. The van der Waals surface area contributed by atoms with Crippen molar-refractivity contribution in [2.45, 2.75) is 356 Å². The van der Waals surface area contributed by atoms with Crippen LogP contribution in [0.4, 0.5) is 0 Å². The number of phosphoric acid groups is 2. The fraction of sp³-hybridized carbons (Fsp3) is 0.942. The molecule has 0 saturated heterocycles. The first kappa shape index (κ1) is 86.1. The van der Waals surface area contributed by atoms with E-state index >= 15 is 0 Å². The average Bonchev–Trinajstić information content (AvgIpc) is 3.68. The van der Waals surface area contributed by atoms with E-state index in [4.69, 9.17) is 37.0 Å². The maximum absolute atomic E-state index is 13.0. The molecule has 0 amide bonds. The summed E-state index contributed by atoms with van der Waals surface area (Å²) in [7, 11) is -9.90. The van der Waals surface area contributed by atoms with Gasteiger partial charge >= 0.3 is 39.5 Å². The minimum absolute atomic E-state index is 0.103. The molecule has 0 heterocycles. The zero-order valence-corrected chi connectivity index (χ0v) is 59.1. The van der Waals surface area contributed by atoms with Crippen molar-refractivity contribution < 1.29 is 80.2 Å². The molecule has 0 rings (SSSR count). The lowest BCUT2D eigenvalue weighted by Crippen LogP contribution is -2.30. The van der Waals surface area contributed by atoms with Crippen molar-refractivity contribution in [1.29, 1.82) is 0 Å². The fourth-order valence-corrected chi connectivity index (χ4v) is 11.9. The molecule has 0 aliphatic rings. The van der Waals surface area contributed by atoms with Crippen LogP contribution in [0.25, 0.3) is 0 Å². The van der Waals surface area contributed by atoms with E-state index < -0.39 is 97.5 Å². The highest BCUT2D eigenvalue weighted by Crippen LogP contribution is 2.45. The molecule has 522 valence electrons. The van der Waals surface area contributed by atoms with Gasteiger partial charge in [-0.3, -0.25) is 37.3 Å². The van der Waals surface area contributed by atoms with E-state index in [-0.39, 0.29) is 25.7 Å². The molecule has 0 spiro atoms. The molecular weight excluding hydrogens is 1160 g/mol. The molecule has 0 aromatic carbocycles. The zero-order valence-electron chi connectivity index (χ0n) is 57.3. The van der Waals surface area contributed by atoms with Gasteiger partial charge in [0, 0.05) is 25.7 Å². The van der Waals surface area contributed by atoms with Gasteiger partial charge in [-0.1, -0.05) is 287 Å². The maximum Gasteiger partial charge on any atom is 0.472 e. The van der Waals surface area contributed by atoms with E-state index in [0.29, 0.717) is 37.5 Å². The average molecular weight is 1300 g/mol. The quantitative estimate of drug-likeness (QED) is 0.0222. The number of hydrogen-bond acceptors (Lipinski definition) is 15. The molecule has 2 unspecified atom stereocenters. The van der Waals surface area contributed by atoms with Crippen LogP contribution in [0.3, 0.4) is 0 Å². The SMILES string of the molecule is CC(C)CCCCCCCCCCCCCCCCCC(=O)OC[C@H](COP(=O)(O)OC[C@@H](O)COP(=O)(O)OC[C@@H](COC(=O)CCCCCCCCC(C)C)OC(=O)CCCCCCCCCCC(C)C)OC(=O)CCCCCCCCCC(C)C. The summed E-state index contributed by atoms with van der Waals surface area (Å²) in [6.45, 7) is 14.0. The second-order valence-electron chi connectivity index (χ2n) is 26.8. The summed E-state index contributed by atoms with van der Waals surface area (Å²) in [5, 5.41) is 10.6. The van der Waals surface area contributed by atoms with Gasteiger partial charge in [0.05, 0.1) is 26.4 Å². The predicted molar refractivity (Wildman–Crippen MR) is 354 cm³/mol. The fourth-order valence-electron chi connectivity index (χ4n) is 10.3. The van der Waals surface area contributed by atoms with E-state index in [9.17, 15) is 43.2 Å². The molecule has 0 aromatic rings. The smallest absolute Gasteiger partial charge is 0.462 e. The van der Waals surface area contributed by atoms with Crippen molar-refractivity contribution in [3.63, 3.8) is 0 Å². The van der Waals surface area contributed by atoms with E-state index in [1.807, 2.05) is 0 Å². The van der Waals surface area contributed by atoms with Crippen LogP contribution in [0.15, 0.2) is 0 Å². The number of phosphoric ester groups is 2. The molecule has 5 atom stereocenters. The number of aliphatic hydroxyl groups excluding tert-OH is 1. The molecule has 0 saturated carbocycles. The highest BCUT2D eigenvalue weighted by Gasteiger charge is 2.30. The number of esters is 4. The monoisotopic (exact) mass is 1300 g/mol. The van der Waals surface area contributed by atoms with Crippen LogP contribution >= 0.6 is 15.6 Å². The Bertz CT molecular complexity index is 1750. The van der Waals surface area contributed by atoms with E-state index in [1.165, 1.54) is 135 Å². The lowest BCUT2D eigenvalue weighted by atomic mass is 10.0. The van der Waals surface area contributed by atoms with Crippen molar-refractivity contribution in [3.05, 3.63) is 0 Å². The van der Waals surface area contributed by atoms with Gasteiger partial charge in [0.25, 0.3) is 0 Å². The van der Waals surface area contributed by atoms with Crippen molar-refractivity contribution in [2.24, 2.45) is 23.7 Å². The Kier molecular flexibility index (Phi) is 57.6. The second-order valence-corrected chi connectivity index (χ2v) is 29.7. The van der Waals surface area contributed by atoms with E-state index in [1.54, 1.807) is 0 Å². The van der Waals surface area contributed by atoms with E-state index in [2.05, 4.69) is 55.4 Å². The molecule has 0 aromatic heterocycles. The molecule has 88 heavy (non-hydrogen) atoms. The van der Waals surface area contributed by atoms with Gasteiger partial charge < -0.3 is 33.8 Å². The van der Waals surface area contributed by atoms with E-state index in [0.717, 1.165) is 108 Å². The zero-order chi connectivity index (χ0) is 65.4. The lowest BCUT2D eigenvalue weighted by Gasteiger charge is -2.21. The molecule has 17 nitrogen and oxygen atoms in total. The number of hydrogen-bond donors (Lipinski definition) is 3. The Morgan fingerprint density at radius 1 is 0.284 bits per heavy atom. The molecule has 3 N–H and O–H groups in total. The molecule has 0 bridgehead atoms. The summed E-state index contributed by atoms with van der Waals surface area (Å²) < 4.78 is 68.1. The lowest BCUT2D eigenvalue weighted by molar-refractivity contribution is -0.161. The van der Waals surface area contributed by atoms with Crippen LogP contribution in [-0.2, 0) is 65.4 Å². The first-order valence-electron chi connectivity index (χ1n) is 35.7. The van der Waals surface area contributed by atoms with Gasteiger partial charge in [0.15, 0.2) is 12.2 Å². The second kappa shape index (κ2) is 58.8. The molecule has 0 aliphatic carbocycles. The summed E-state index contributed by atoms with van der Waals surface area (Å²) in [6.07, 6.45) is 40.7. The Labute approximate surface area is 537 Å². The van der Waals surface area contributed by atoms with Gasteiger partial charge in [-0.2, -0.15) is 0 Å². The molecule has 0 aliphatic heterocycles. The standard InChI is InChI=1S/C69H134O17P2/c1-59(2)45-37-29-21-16-14-12-10-9-11-13-15-17-24-33-41-49-66(71)79-55-64(86-69(74)52-44-36-26-20-23-31-39-47-61(5)6)57-83-87(75,76)81-53-63(70)54-82-88(77,78)84-58-65(56-80-67(72)50-42-34-28-27-32-40-48-62(7)8)85-68(73)51-43-35-25-19-18-22-30-38-46-60(3)4/h59-65,70H,9-58H2,1-8H3,(H,75,76)(H,77,78)/t63-,64-,65-/m1/s1. The Morgan fingerprint density at radius 2 is 0.477 bits per heavy atom. The van der Waals surface area contributed by atoms with Gasteiger partial charge in [0.1, 0.15) is 19.3 Å². The molecule has 0 fully saturated rings. The van der Waals surface area contributed by atoms with Gasteiger partial charge in [-0.15, -0.1) is 0 Å². The third-order valence-corrected chi connectivity index (χ3v) is 17.7. The third kappa shape index (κ3) is 62.8. The Morgan fingerprint density at radius 3 is 0.705 bits per heavy atom. The van der Waals surface area contributed by atoms with Crippen molar-refractivity contribution in [2.75, 3.05) is 39.6 Å². The number of aliphatic hydroxyl groups is 1. The molecule has 0 radical (unpaired) electrons. The largest absolute Gasteiger partial charge is 0.472 e. The number of rotatable bonds is 66.